The number of fused-ring (bicyclic) bond motifs is 2. The number of rotatable bonds is 3. The Morgan fingerprint density at radius 3 is 2.57 bits per heavy atom. The fourth-order valence-electron chi connectivity index (χ4n) is 3.77. The molecule has 0 spiro atoms. The number of carbonyl (C=O) groups is 1. The number of hydrogen-bond acceptors (Lipinski definition) is 6. The molecule has 0 radical (unpaired) electrons. The Kier molecular flexibility index (Phi) is 4.63. The number of methoxy groups -OCH3 is 1. The highest BCUT2D eigenvalue weighted by Gasteiger charge is 2.24. The molecule has 0 saturated carbocycles. The van der Waals surface area contributed by atoms with Crippen LogP contribution in [0.15, 0.2) is 59.5 Å². The number of nitrogens with zero attached hydrogens (tertiary/aromatic N) is 4. The Balaban J connectivity index is 1.35. The zero-order valence-corrected chi connectivity index (χ0v) is 17.3. The lowest BCUT2D eigenvalue weighted by atomic mass is 10.2. The summed E-state index contributed by atoms with van der Waals surface area (Å²) in [5.74, 6) is 0.787. The molecule has 1 fully saturated rings. The Morgan fingerprint density at radius 2 is 1.83 bits per heavy atom. The molecule has 0 unspecified atom stereocenters. The molecule has 30 heavy (non-hydrogen) atoms. The summed E-state index contributed by atoms with van der Waals surface area (Å²) in [6.07, 6.45) is 1.70. The maximum Gasteiger partial charge on any atom is 0.266 e. The monoisotopic (exact) mass is 420 g/mol. The number of hydrogen-bond donors (Lipinski definition) is 0. The molecule has 152 valence electrons. The van der Waals surface area contributed by atoms with Gasteiger partial charge in [-0.2, -0.15) is 0 Å². The van der Waals surface area contributed by atoms with E-state index in [1.165, 1.54) is 15.7 Å². The predicted molar refractivity (Wildman–Crippen MR) is 118 cm³/mol. The number of amides is 1. The van der Waals surface area contributed by atoms with Crippen LogP contribution in [0.3, 0.4) is 0 Å². The van der Waals surface area contributed by atoms with Crippen molar-refractivity contribution in [1.29, 1.82) is 0 Å². The summed E-state index contributed by atoms with van der Waals surface area (Å²) in [7, 11) is 1.65. The van der Waals surface area contributed by atoms with Crippen molar-refractivity contribution in [2.45, 2.75) is 0 Å². The molecule has 5 rings (SSSR count). The van der Waals surface area contributed by atoms with Crippen molar-refractivity contribution >= 4 is 38.8 Å². The van der Waals surface area contributed by atoms with Crippen LogP contribution < -0.4 is 15.2 Å². The molecule has 0 N–H and O–H groups in total. The van der Waals surface area contributed by atoms with Crippen LogP contribution in [0.5, 0.6) is 5.75 Å². The van der Waals surface area contributed by atoms with Crippen molar-refractivity contribution in [3.63, 3.8) is 0 Å². The zero-order valence-electron chi connectivity index (χ0n) is 16.4. The molecule has 0 aliphatic carbocycles. The Bertz CT molecular complexity index is 1290. The maximum absolute atomic E-state index is 13.1. The lowest BCUT2D eigenvalue weighted by Gasteiger charge is -2.36. The summed E-state index contributed by atoms with van der Waals surface area (Å²) in [4.78, 5) is 35.6. The summed E-state index contributed by atoms with van der Waals surface area (Å²) in [6, 6.07) is 15.1. The number of ether oxygens (including phenoxy) is 1. The van der Waals surface area contributed by atoms with E-state index < -0.39 is 0 Å². The first-order valence-electron chi connectivity index (χ1n) is 9.73. The minimum absolute atomic E-state index is 0.0409. The average molecular weight is 420 g/mol. The van der Waals surface area contributed by atoms with Gasteiger partial charge in [0.05, 0.1) is 17.4 Å². The first-order valence-corrected chi connectivity index (χ1v) is 10.5. The van der Waals surface area contributed by atoms with Crippen molar-refractivity contribution in [2.75, 3.05) is 38.2 Å². The fourth-order valence-corrected chi connectivity index (χ4v) is 4.77. The molecular formula is C22H20N4O3S. The molecule has 8 heteroatoms. The van der Waals surface area contributed by atoms with Crippen LogP contribution >= 0.6 is 11.3 Å². The molecule has 1 aliphatic rings. The molecule has 7 nitrogen and oxygen atoms in total. The number of piperazine rings is 1. The van der Waals surface area contributed by atoms with Gasteiger partial charge in [-0.15, -0.1) is 11.3 Å². The second-order valence-electron chi connectivity index (χ2n) is 7.15. The number of carbonyl (C=O) groups excluding carboxylic acids is 1. The summed E-state index contributed by atoms with van der Waals surface area (Å²) >= 11 is 1.29. The summed E-state index contributed by atoms with van der Waals surface area (Å²) in [5.41, 5.74) is 1.56. The summed E-state index contributed by atoms with van der Waals surface area (Å²) in [6.45, 7) is 2.78. The van der Waals surface area contributed by atoms with Gasteiger partial charge >= 0.3 is 0 Å². The Hall–Kier alpha value is -3.39. The third kappa shape index (κ3) is 3.19. The highest BCUT2D eigenvalue weighted by atomic mass is 32.1. The number of aromatic nitrogens is 2. The van der Waals surface area contributed by atoms with E-state index in [1.54, 1.807) is 31.5 Å². The van der Waals surface area contributed by atoms with Crippen LogP contribution in [0.25, 0.3) is 15.9 Å². The lowest BCUT2D eigenvalue weighted by molar-refractivity contribution is 0.0751. The lowest BCUT2D eigenvalue weighted by Crippen LogP contribution is -2.48. The maximum atomic E-state index is 13.1. The molecule has 4 heterocycles. The smallest absolute Gasteiger partial charge is 0.266 e. The van der Waals surface area contributed by atoms with E-state index in [0.29, 0.717) is 33.8 Å². The van der Waals surface area contributed by atoms with E-state index in [0.717, 1.165) is 24.5 Å². The van der Waals surface area contributed by atoms with Crippen LogP contribution in [0.1, 0.15) is 9.67 Å². The SMILES string of the molecule is COc1ccc(N2CCN(C(=O)c3cc4c(=O)n5ccccc5nc4s3)CC2)cc1. The van der Waals surface area contributed by atoms with E-state index in [2.05, 4.69) is 9.88 Å². The number of benzene rings is 1. The van der Waals surface area contributed by atoms with Crippen molar-refractivity contribution in [1.82, 2.24) is 14.3 Å². The molecule has 1 saturated heterocycles. The largest absolute Gasteiger partial charge is 0.497 e. The van der Waals surface area contributed by atoms with Gasteiger partial charge in [-0.05, 0) is 42.5 Å². The predicted octanol–water partition coefficient (Wildman–Crippen LogP) is 2.88. The molecule has 1 aliphatic heterocycles. The Labute approximate surface area is 176 Å². The van der Waals surface area contributed by atoms with Crippen molar-refractivity contribution in [3.8, 4) is 5.75 Å². The second kappa shape index (κ2) is 7.46. The van der Waals surface area contributed by atoms with E-state index in [4.69, 9.17) is 4.74 Å². The first kappa shape index (κ1) is 18.6. The highest BCUT2D eigenvalue weighted by molar-refractivity contribution is 7.20. The van der Waals surface area contributed by atoms with Crippen LogP contribution in [-0.2, 0) is 0 Å². The van der Waals surface area contributed by atoms with Crippen LogP contribution in [-0.4, -0.2) is 53.5 Å². The summed E-state index contributed by atoms with van der Waals surface area (Å²) in [5, 5.41) is 0.490. The molecular weight excluding hydrogens is 400 g/mol. The topological polar surface area (TPSA) is 67.2 Å². The number of thiophene rings is 1. The van der Waals surface area contributed by atoms with Gasteiger partial charge in [0.25, 0.3) is 11.5 Å². The van der Waals surface area contributed by atoms with Gasteiger partial charge < -0.3 is 14.5 Å². The van der Waals surface area contributed by atoms with Gasteiger partial charge in [0, 0.05) is 38.1 Å². The fraction of sp³-hybridized carbons (Fsp3) is 0.227. The number of anilines is 1. The summed E-state index contributed by atoms with van der Waals surface area (Å²) < 4.78 is 6.72. The Morgan fingerprint density at radius 1 is 1.07 bits per heavy atom. The minimum atomic E-state index is -0.143. The number of pyridine rings is 1. The first-order chi connectivity index (χ1) is 14.6. The van der Waals surface area contributed by atoms with Crippen molar-refractivity contribution in [3.05, 3.63) is 70.0 Å². The molecule has 4 aromatic rings. The van der Waals surface area contributed by atoms with Gasteiger partial charge in [0.2, 0.25) is 0 Å². The third-order valence-corrected chi connectivity index (χ3v) is 6.45. The standard InChI is InChI=1S/C22H20N4O3S/c1-29-16-7-5-15(6-8-16)24-10-12-25(13-11-24)22(28)18-14-17-20(30-18)23-19-4-2-3-9-26(19)21(17)27/h2-9,14H,10-13H2,1H3. The third-order valence-electron chi connectivity index (χ3n) is 5.43. The molecule has 0 bridgehead atoms. The van der Waals surface area contributed by atoms with Gasteiger partial charge in [-0.1, -0.05) is 6.07 Å². The van der Waals surface area contributed by atoms with E-state index in [-0.39, 0.29) is 11.5 Å². The van der Waals surface area contributed by atoms with E-state index >= 15 is 0 Å². The minimum Gasteiger partial charge on any atom is -0.497 e. The van der Waals surface area contributed by atoms with Crippen molar-refractivity contribution < 1.29 is 9.53 Å². The molecule has 0 atom stereocenters. The molecule has 3 aromatic heterocycles. The zero-order chi connectivity index (χ0) is 20.7. The van der Waals surface area contributed by atoms with E-state index in [9.17, 15) is 9.59 Å². The molecule has 1 amide bonds. The molecule has 1 aromatic carbocycles. The van der Waals surface area contributed by atoms with Crippen LogP contribution in [0.2, 0.25) is 0 Å². The quantitative estimate of drug-likeness (QED) is 0.510. The van der Waals surface area contributed by atoms with Crippen LogP contribution in [0.4, 0.5) is 5.69 Å². The van der Waals surface area contributed by atoms with Gasteiger partial charge in [-0.25, -0.2) is 4.98 Å². The average Bonchev–Trinajstić information content (AvgIpc) is 3.23. The van der Waals surface area contributed by atoms with E-state index in [1.807, 2.05) is 35.2 Å². The highest BCUT2D eigenvalue weighted by Crippen LogP contribution is 2.25. The second-order valence-corrected chi connectivity index (χ2v) is 8.18. The van der Waals surface area contributed by atoms with Crippen molar-refractivity contribution in [2.24, 2.45) is 0 Å². The van der Waals surface area contributed by atoms with Gasteiger partial charge in [-0.3, -0.25) is 14.0 Å². The van der Waals surface area contributed by atoms with Gasteiger partial charge in [0.1, 0.15) is 16.2 Å². The van der Waals surface area contributed by atoms with Gasteiger partial charge in [0.15, 0.2) is 0 Å². The normalized spacial score (nSPS) is 14.4. The van der Waals surface area contributed by atoms with Crippen LogP contribution in [0, 0.1) is 0 Å².